The van der Waals surface area contributed by atoms with Crippen LogP contribution in [0.15, 0.2) is 12.2 Å². The SMILES string of the molecule is C/C=C/CC[C@]1(C)O[C@H]1C=O. The fourth-order valence-corrected chi connectivity index (χ4v) is 1.17. The van der Waals surface area contributed by atoms with Gasteiger partial charge >= 0.3 is 0 Å². The molecule has 0 amide bonds. The summed E-state index contributed by atoms with van der Waals surface area (Å²) in [6.07, 6.45) is 6.79. The van der Waals surface area contributed by atoms with E-state index in [4.69, 9.17) is 4.74 Å². The first kappa shape index (κ1) is 8.47. The molecule has 0 aromatic heterocycles. The molecule has 0 saturated carbocycles. The van der Waals surface area contributed by atoms with Crippen molar-refractivity contribution < 1.29 is 9.53 Å². The van der Waals surface area contributed by atoms with Gasteiger partial charge in [-0.1, -0.05) is 12.2 Å². The number of carbonyl (C=O) groups is 1. The molecule has 1 saturated heterocycles. The molecule has 0 bridgehead atoms. The minimum atomic E-state index is -0.152. The zero-order valence-electron chi connectivity index (χ0n) is 7.04. The van der Waals surface area contributed by atoms with E-state index in [1.165, 1.54) is 0 Å². The zero-order chi connectivity index (χ0) is 8.32. The van der Waals surface area contributed by atoms with Gasteiger partial charge in [0.05, 0.1) is 5.60 Å². The average Bonchev–Trinajstić information content (AvgIpc) is 2.63. The van der Waals surface area contributed by atoms with Crippen LogP contribution in [-0.2, 0) is 9.53 Å². The molecular formula is C9H14O2. The van der Waals surface area contributed by atoms with Gasteiger partial charge in [0.25, 0.3) is 0 Å². The summed E-state index contributed by atoms with van der Waals surface area (Å²) in [5.74, 6) is 0. The molecule has 2 atom stereocenters. The summed E-state index contributed by atoms with van der Waals surface area (Å²) in [5.41, 5.74) is -0.152. The van der Waals surface area contributed by atoms with Gasteiger partial charge in [-0.2, -0.15) is 0 Å². The Morgan fingerprint density at radius 3 is 2.82 bits per heavy atom. The highest BCUT2D eigenvalue weighted by atomic mass is 16.6. The van der Waals surface area contributed by atoms with Gasteiger partial charge in [0.1, 0.15) is 6.10 Å². The normalized spacial score (nSPS) is 36.0. The Morgan fingerprint density at radius 1 is 1.64 bits per heavy atom. The molecule has 1 fully saturated rings. The van der Waals surface area contributed by atoms with Gasteiger partial charge in [-0.05, 0) is 26.7 Å². The van der Waals surface area contributed by atoms with Crippen molar-refractivity contribution in [2.75, 3.05) is 0 Å². The third kappa shape index (κ3) is 1.90. The Kier molecular flexibility index (Phi) is 2.45. The van der Waals surface area contributed by atoms with E-state index in [1.54, 1.807) is 0 Å². The Labute approximate surface area is 67.2 Å². The van der Waals surface area contributed by atoms with Gasteiger partial charge in [0, 0.05) is 0 Å². The van der Waals surface area contributed by atoms with Crippen LogP contribution in [-0.4, -0.2) is 18.0 Å². The molecule has 0 aromatic carbocycles. The lowest BCUT2D eigenvalue weighted by atomic mass is 10.0. The number of aldehydes is 1. The van der Waals surface area contributed by atoms with Gasteiger partial charge in [-0.25, -0.2) is 0 Å². The van der Waals surface area contributed by atoms with Crippen LogP contribution >= 0.6 is 0 Å². The van der Waals surface area contributed by atoms with E-state index in [-0.39, 0.29) is 11.7 Å². The van der Waals surface area contributed by atoms with E-state index >= 15 is 0 Å². The lowest BCUT2D eigenvalue weighted by Crippen LogP contribution is -2.09. The molecule has 11 heavy (non-hydrogen) atoms. The molecule has 0 radical (unpaired) electrons. The van der Waals surface area contributed by atoms with Crippen molar-refractivity contribution in [1.82, 2.24) is 0 Å². The molecule has 0 N–H and O–H groups in total. The number of hydrogen-bond acceptors (Lipinski definition) is 2. The van der Waals surface area contributed by atoms with E-state index in [9.17, 15) is 4.79 Å². The van der Waals surface area contributed by atoms with Crippen molar-refractivity contribution in [3.05, 3.63) is 12.2 Å². The summed E-state index contributed by atoms with van der Waals surface area (Å²) in [7, 11) is 0. The maximum Gasteiger partial charge on any atom is 0.151 e. The van der Waals surface area contributed by atoms with Crippen molar-refractivity contribution in [2.45, 2.75) is 38.4 Å². The Hall–Kier alpha value is -0.630. The molecule has 0 unspecified atom stereocenters. The predicted octanol–water partition coefficient (Wildman–Crippen LogP) is 1.70. The van der Waals surface area contributed by atoms with Crippen molar-refractivity contribution in [1.29, 1.82) is 0 Å². The van der Waals surface area contributed by atoms with Crippen LogP contribution in [0.4, 0.5) is 0 Å². The lowest BCUT2D eigenvalue weighted by Gasteiger charge is -1.99. The standard InChI is InChI=1S/C9H14O2/c1-3-4-5-6-9(2)8(7-10)11-9/h3-4,7-8H,5-6H2,1-2H3/b4-3+/t8-,9-/m0/s1. The molecule has 1 heterocycles. The number of hydrogen-bond donors (Lipinski definition) is 0. The van der Waals surface area contributed by atoms with Crippen LogP contribution in [0.25, 0.3) is 0 Å². The van der Waals surface area contributed by atoms with Crippen LogP contribution in [0, 0.1) is 0 Å². The van der Waals surface area contributed by atoms with Crippen molar-refractivity contribution in [3.8, 4) is 0 Å². The summed E-state index contributed by atoms with van der Waals surface area (Å²) in [6.45, 7) is 3.98. The summed E-state index contributed by atoms with van der Waals surface area (Å²) in [5, 5.41) is 0. The summed E-state index contributed by atoms with van der Waals surface area (Å²) >= 11 is 0. The number of carbonyl (C=O) groups excluding carboxylic acids is 1. The average molecular weight is 154 g/mol. The van der Waals surface area contributed by atoms with E-state index in [0.717, 1.165) is 19.1 Å². The Bertz CT molecular complexity index is 174. The number of allylic oxidation sites excluding steroid dienone is 2. The van der Waals surface area contributed by atoms with Crippen molar-refractivity contribution in [3.63, 3.8) is 0 Å². The predicted molar refractivity (Wildman–Crippen MR) is 43.4 cm³/mol. The molecule has 2 heteroatoms. The summed E-state index contributed by atoms with van der Waals surface area (Å²) in [6, 6.07) is 0. The second kappa shape index (κ2) is 3.18. The maximum atomic E-state index is 10.3. The van der Waals surface area contributed by atoms with Crippen LogP contribution < -0.4 is 0 Å². The highest BCUT2D eigenvalue weighted by Crippen LogP contribution is 2.38. The molecule has 62 valence electrons. The van der Waals surface area contributed by atoms with Crippen molar-refractivity contribution in [2.24, 2.45) is 0 Å². The second-order valence-electron chi connectivity index (χ2n) is 3.09. The van der Waals surface area contributed by atoms with Crippen LogP contribution in [0.5, 0.6) is 0 Å². The zero-order valence-corrected chi connectivity index (χ0v) is 7.04. The molecular weight excluding hydrogens is 140 g/mol. The van der Waals surface area contributed by atoms with Gasteiger partial charge in [0.2, 0.25) is 0 Å². The number of rotatable bonds is 4. The first-order valence-corrected chi connectivity index (χ1v) is 3.97. The van der Waals surface area contributed by atoms with Crippen LogP contribution in [0.3, 0.4) is 0 Å². The summed E-state index contributed by atoms with van der Waals surface area (Å²) < 4.78 is 5.20. The first-order chi connectivity index (χ1) is 5.23. The molecule has 0 spiro atoms. The van der Waals surface area contributed by atoms with E-state index in [1.807, 2.05) is 19.9 Å². The quantitative estimate of drug-likeness (QED) is 0.350. The third-order valence-electron chi connectivity index (χ3n) is 2.11. The molecule has 2 nitrogen and oxygen atoms in total. The third-order valence-corrected chi connectivity index (χ3v) is 2.11. The molecule has 1 aliphatic rings. The fourth-order valence-electron chi connectivity index (χ4n) is 1.17. The molecule has 0 aliphatic carbocycles. The molecule has 1 rings (SSSR count). The summed E-state index contributed by atoms with van der Waals surface area (Å²) in [4.78, 5) is 10.3. The largest absolute Gasteiger partial charge is 0.358 e. The van der Waals surface area contributed by atoms with E-state index < -0.39 is 0 Å². The second-order valence-corrected chi connectivity index (χ2v) is 3.09. The molecule has 0 aromatic rings. The monoisotopic (exact) mass is 154 g/mol. The fraction of sp³-hybridized carbons (Fsp3) is 0.667. The number of epoxide rings is 1. The highest BCUT2D eigenvalue weighted by molar-refractivity contribution is 5.62. The van der Waals surface area contributed by atoms with Gasteiger partial charge in [-0.3, -0.25) is 0 Å². The Morgan fingerprint density at radius 2 is 2.36 bits per heavy atom. The number of ether oxygens (including phenoxy) is 1. The topological polar surface area (TPSA) is 29.6 Å². The lowest BCUT2D eigenvalue weighted by molar-refractivity contribution is -0.108. The smallest absolute Gasteiger partial charge is 0.151 e. The highest BCUT2D eigenvalue weighted by Gasteiger charge is 2.51. The van der Waals surface area contributed by atoms with Gasteiger partial charge in [0.15, 0.2) is 6.29 Å². The minimum Gasteiger partial charge on any atom is -0.358 e. The van der Waals surface area contributed by atoms with Crippen molar-refractivity contribution >= 4 is 6.29 Å². The Balaban J connectivity index is 2.22. The molecule has 1 aliphatic heterocycles. The minimum absolute atomic E-state index is 0.146. The van der Waals surface area contributed by atoms with E-state index in [0.29, 0.717) is 0 Å². The van der Waals surface area contributed by atoms with E-state index in [2.05, 4.69) is 6.08 Å². The van der Waals surface area contributed by atoms with Crippen LogP contribution in [0.2, 0.25) is 0 Å². The van der Waals surface area contributed by atoms with Gasteiger partial charge in [-0.15, -0.1) is 0 Å². The van der Waals surface area contributed by atoms with Crippen LogP contribution in [0.1, 0.15) is 26.7 Å². The van der Waals surface area contributed by atoms with Gasteiger partial charge < -0.3 is 9.53 Å². The maximum absolute atomic E-state index is 10.3. The first-order valence-electron chi connectivity index (χ1n) is 3.97.